The van der Waals surface area contributed by atoms with Crippen LogP contribution in [0.25, 0.3) is 27.6 Å². The van der Waals surface area contributed by atoms with Gasteiger partial charge in [0.2, 0.25) is 11.8 Å². The smallest absolute Gasteiger partial charge is 0.350 e. The molecule has 6 aromatic rings. The molecule has 0 bridgehead atoms. The summed E-state index contributed by atoms with van der Waals surface area (Å²) in [5.41, 5.74) is 1.38. The molecule has 0 saturated carbocycles. The Bertz CT molecular complexity index is 2250. The summed E-state index contributed by atoms with van der Waals surface area (Å²) in [5, 5.41) is 10.1. The van der Waals surface area contributed by atoms with Crippen molar-refractivity contribution in [2.75, 3.05) is 0 Å². The molecule has 55 heavy (non-hydrogen) atoms. The standard InChI is InChI=1S/C22H20F3NO.C22H18F3NO.CH4/c2*1-15(19-11-5-8-17-7-2-3-10-20(17)19)26-21(27)13-12-16-6-4-9-18(14-16)22(23,24)25;/h2-11,14-15H,12-13H2,1H3,(H,26,27);2-15H,1H3,(H,26,27);1H4/b;13-12+;/t2*15-;/m11./s1. The number of amides is 2. The average Bonchev–Trinajstić information content (AvgIpc) is 3.15. The predicted octanol–water partition coefficient (Wildman–Crippen LogP) is 12.1. The number of carbonyl (C=O) groups excluding carboxylic acids is 2. The van der Waals surface area contributed by atoms with Gasteiger partial charge in [-0.05, 0) is 88.3 Å². The van der Waals surface area contributed by atoms with Crippen LogP contribution in [0.3, 0.4) is 0 Å². The summed E-state index contributed by atoms with van der Waals surface area (Å²) in [6.45, 7) is 3.78. The molecule has 0 unspecified atom stereocenters. The van der Waals surface area contributed by atoms with E-state index in [1.54, 1.807) is 6.07 Å². The molecule has 6 aromatic carbocycles. The molecular weight excluding hydrogens is 714 g/mol. The van der Waals surface area contributed by atoms with Gasteiger partial charge in [0.1, 0.15) is 0 Å². The van der Waals surface area contributed by atoms with Crippen LogP contribution >= 0.6 is 0 Å². The van der Waals surface area contributed by atoms with Gasteiger partial charge in [-0.25, -0.2) is 0 Å². The highest BCUT2D eigenvalue weighted by molar-refractivity contribution is 5.93. The third kappa shape index (κ3) is 11.5. The minimum absolute atomic E-state index is 0. The molecule has 0 aliphatic heterocycles. The Morgan fingerprint density at radius 1 is 0.600 bits per heavy atom. The van der Waals surface area contributed by atoms with Gasteiger partial charge < -0.3 is 10.6 Å². The highest BCUT2D eigenvalue weighted by atomic mass is 19.4. The van der Waals surface area contributed by atoms with Gasteiger partial charge in [0, 0.05) is 12.5 Å². The topological polar surface area (TPSA) is 58.2 Å². The summed E-state index contributed by atoms with van der Waals surface area (Å²) in [4.78, 5) is 24.5. The van der Waals surface area contributed by atoms with Gasteiger partial charge in [-0.3, -0.25) is 9.59 Å². The molecule has 0 aliphatic rings. The Balaban J connectivity index is 0.000000240. The molecule has 10 heteroatoms. The summed E-state index contributed by atoms with van der Waals surface area (Å²) < 4.78 is 76.6. The van der Waals surface area contributed by atoms with Crippen LogP contribution in [-0.2, 0) is 28.4 Å². The van der Waals surface area contributed by atoms with Crippen LogP contribution in [0.4, 0.5) is 26.3 Å². The third-order valence-corrected chi connectivity index (χ3v) is 8.85. The number of hydrogen-bond donors (Lipinski definition) is 2. The van der Waals surface area contributed by atoms with Crippen LogP contribution in [0, 0.1) is 0 Å². The normalized spacial score (nSPS) is 12.7. The molecule has 0 aromatic heterocycles. The zero-order chi connectivity index (χ0) is 38.9. The Morgan fingerprint density at radius 3 is 1.64 bits per heavy atom. The minimum Gasteiger partial charge on any atom is -0.350 e. The van der Waals surface area contributed by atoms with Crippen LogP contribution in [0.15, 0.2) is 140 Å². The van der Waals surface area contributed by atoms with Gasteiger partial charge in [0.05, 0.1) is 23.2 Å². The lowest BCUT2D eigenvalue weighted by Gasteiger charge is -2.17. The lowest BCUT2D eigenvalue weighted by atomic mass is 9.99. The summed E-state index contributed by atoms with van der Waals surface area (Å²) in [5.74, 6) is -0.555. The van der Waals surface area contributed by atoms with Crippen molar-refractivity contribution < 1.29 is 35.9 Å². The van der Waals surface area contributed by atoms with E-state index in [0.717, 1.165) is 56.9 Å². The second-order valence-electron chi connectivity index (χ2n) is 12.8. The number of alkyl halides is 6. The van der Waals surface area contributed by atoms with E-state index in [1.807, 2.05) is 98.8 Å². The molecule has 2 atom stereocenters. The number of rotatable bonds is 9. The number of fused-ring (bicyclic) bond motifs is 2. The first-order valence-corrected chi connectivity index (χ1v) is 17.3. The number of aryl methyl sites for hydroxylation is 1. The van der Waals surface area contributed by atoms with Crippen molar-refractivity contribution in [3.8, 4) is 0 Å². The zero-order valence-corrected chi connectivity index (χ0v) is 29.5. The lowest BCUT2D eigenvalue weighted by molar-refractivity contribution is -0.138. The number of halogens is 6. The zero-order valence-electron chi connectivity index (χ0n) is 29.5. The summed E-state index contributed by atoms with van der Waals surface area (Å²) in [7, 11) is 0. The van der Waals surface area contributed by atoms with E-state index < -0.39 is 23.5 Å². The Kier molecular flexibility index (Phi) is 14.0. The first kappa shape index (κ1) is 41.9. The lowest BCUT2D eigenvalue weighted by Crippen LogP contribution is -2.27. The van der Waals surface area contributed by atoms with Crippen LogP contribution in [0.1, 0.15) is 73.2 Å². The molecule has 0 radical (unpaired) electrons. The number of hydrogen-bond acceptors (Lipinski definition) is 2. The highest BCUT2D eigenvalue weighted by Crippen LogP contribution is 2.31. The van der Waals surface area contributed by atoms with E-state index in [0.29, 0.717) is 11.1 Å². The van der Waals surface area contributed by atoms with Crippen LogP contribution in [0.2, 0.25) is 0 Å². The van der Waals surface area contributed by atoms with Crippen molar-refractivity contribution in [3.63, 3.8) is 0 Å². The molecule has 0 saturated heterocycles. The Hall–Kier alpha value is -5.90. The maximum Gasteiger partial charge on any atom is 0.416 e. The summed E-state index contributed by atoms with van der Waals surface area (Å²) >= 11 is 0. The molecule has 0 fully saturated rings. The van der Waals surface area contributed by atoms with E-state index in [9.17, 15) is 35.9 Å². The summed E-state index contributed by atoms with van der Waals surface area (Å²) in [6, 6.07) is 37.2. The first-order valence-electron chi connectivity index (χ1n) is 17.3. The van der Waals surface area contributed by atoms with Crippen LogP contribution < -0.4 is 10.6 Å². The summed E-state index contributed by atoms with van der Waals surface area (Å²) in [6.07, 6.45) is -5.76. The van der Waals surface area contributed by atoms with Crippen molar-refractivity contribution in [1.82, 2.24) is 10.6 Å². The van der Waals surface area contributed by atoms with Crippen molar-refractivity contribution in [2.24, 2.45) is 0 Å². The Morgan fingerprint density at radius 2 is 1.07 bits per heavy atom. The van der Waals surface area contributed by atoms with Crippen molar-refractivity contribution in [2.45, 2.75) is 58.6 Å². The molecule has 6 rings (SSSR count). The maximum atomic E-state index is 12.8. The molecule has 0 spiro atoms. The van der Waals surface area contributed by atoms with Crippen molar-refractivity contribution in [1.29, 1.82) is 0 Å². The van der Waals surface area contributed by atoms with Gasteiger partial charge in [-0.2, -0.15) is 26.3 Å². The fraction of sp³-hybridized carbons (Fsp3) is 0.200. The SMILES string of the molecule is C.C[C@@H](NC(=O)/C=C/c1cccc(C(F)(F)F)c1)c1cccc2ccccc12.C[C@@H](NC(=O)CCc1cccc(C(F)(F)F)c1)c1cccc2ccccc12. The molecule has 4 nitrogen and oxygen atoms in total. The monoisotopic (exact) mass is 756 g/mol. The largest absolute Gasteiger partial charge is 0.416 e. The predicted molar refractivity (Wildman–Crippen MR) is 208 cm³/mol. The number of nitrogens with one attached hydrogen (secondary N) is 2. The van der Waals surface area contributed by atoms with E-state index in [-0.39, 0.29) is 44.2 Å². The molecule has 2 N–H and O–H groups in total. The minimum atomic E-state index is -4.41. The maximum absolute atomic E-state index is 12.8. The van der Waals surface area contributed by atoms with Crippen molar-refractivity contribution in [3.05, 3.63) is 173 Å². The van der Waals surface area contributed by atoms with Gasteiger partial charge in [0.15, 0.2) is 0 Å². The van der Waals surface area contributed by atoms with Crippen molar-refractivity contribution >= 4 is 39.4 Å². The quantitative estimate of drug-likeness (QED) is 0.114. The average molecular weight is 757 g/mol. The fourth-order valence-corrected chi connectivity index (χ4v) is 6.14. The fourth-order valence-electron chi connectivity index (χ4n) is 6.14. The highest BCUT2D eigenvalue weighted by Gasteiger charge is 2.31. The second kappa shape index (κ2) is 18.4. The third-order valence-electron chi connectivity index (χ3n) is 8.85. The first-order chi connectivity index (χ1) is 25.7. The molecule has 2 amide bonds. The van der Waals surface area contributed by atoms with Crippen LogP contribution in [0.5, 0.6) is 0 Å². The van der Waals surface area contributed by atoms with Gasteiger partial charge in [0.25, 0.3) is 0 Å². The van der Waals surface area contributed by atoms with Gasteiger partial charge in [-0.15, -0.1) is 0 Å². The van der Waals surface area contributed by atoms with E-state index >= 15 is 0 Å². The van der Waals surface area contributed by atoms with E-state index in [2.05, 4.69) is 10.6 Å². The van der Waals surface area contributed by atoms with Gasteiger partial charge in [-0.1, -0.05) is 123 Å². The molecule has 0 heterocycles. The van der Waals surface area contributed by atoms with E-state index in [1.165, 1.54) is 30.4 Å². The molecule has 0 aliphatic carbocycles. The molecule has 286 valence electrons. The Labute approximate surface area is 316 Å². The second-order valence-corrected chi connectivity index (χ2v) is 12.8. The van der Waals surface area contributed by atoms with Gasteiger partial charge >= 0.3 is 12.4 Å². The van der Waals surface area contributed by atoms with E-state index in [4.69, 9.17) is 0 Å². The number of carbonyl (C=O) groups is 2. The van der Waals surface area contributed by atoms with Crippen LogP contribution in [-0.4, -0.2) is 11.8 Å². The molecular formula is C45H42F6N2O2. The number of benzene rings is 6.